The maximum atomic E-state index is 12.3. The number of esters is 1. The second-order valence-electron chi connectivity index (χ2n) is 6.00. The molecule has 1 aromatic heterocycles. The van der Waals surface area contributed by atoms with E-state index in [0.29, 0.717) is 38.3 Å². The average Bonchev–Trinajstić information content (AvgIpc) is 2.72. The van der Waals surface area contributed by atoms with Crippen molar-refractivity contribution in [3.63, 3.8) is 0 Å². The van der Waals surface area contributed by atoms with Gasteiger partial charge in [-0.2, -0.15) is 0 Å². The van der Waals surface area contributed by atoms with Gasteiger partial charge in [-0.1, -0.05) is 12.1 Å². The minimum absolute atomic E-state index is 0.0808. The van der Waals surface area contributed by atoms with Gasteiger partial charge >= 0.3 is 12.0 Å². The zero-order valence-corrected chi connectivity index (χ0v) is 14.7. The van der Waals surface area contributed by atoms with E-state index < -0.39 is 0 Å². The summed E-state index contributed by atoms with van der Waals surface area (Å²) in [6, 6.07) is 11.1. The van der Waals surface area contributed by atoms with Gasteiger partial charge in [0.2, 0.25) is 0 Å². The van der Waals surface area contributed by atoms with Crippen LogP contribution >= 0.6 is 0 Å². The number of piperazine rings is 1. The van der Waals surface area contributed by atoms with Crippen LogP contribution in [0.1, 0.15) is 15.9 Å². The summed E-state index contributed by atoms with van der Waals surface area (Å²) >= 11 is 0. The summed E-state index contributed by atoms with van der Waals surface area (Å²) in [6.07, 6.45) is 3.41. The number of carbonyl (C=O) groups is 2. The van der Waals surface area contributed by atoms with E-state index >= 15 is 0 Å². The standard InChI is InChI=1S/C19H22N4O3/c1-26-18(24)16-4-2-3-5-17(16)22-10-12-23(13-11-22)19(25)21-14-15-6-8-20-9-7-15/h2-9H,10-14H2,1H3,(H,21,25). The van der Waals surface area contributed by atoms with Crippen LogP contribution < -0.4 is 10.2 Å². The van der Waals surface area contributed by atoms with E-state index in [0.717, 1.165) is 11.3 Å². The number of nitrogens with zero attached hydrogens (tertiary/aromatic N) is 3. The number of pyridine rings is 1. The molecule has 136 valence electrons. The van der Waals surface area contributed by atoms with Crippen LogP contribution in [-0.4, -0.2) is 55.2 Å². The van der Waals surface area contributed by atoms with Gasteiger partial charge in [-0.05, 0) is 29.8 Å². The van der Waals surface area contributed by atoms with Gasteiger partial charge in [0.1, 0.15) is 0 Å². The topological polar surface area (TPSA) is 74.8 Å². The van der Waals surface area contributed by atoms with Gasteiger partial charge in [-0.15, -0.1) is 0 Å². The number of para-hydroxylation sites is 1. The van der Waals surface area contributed by atoms with Gasteiger partial charge in [0.25, 0.3) is 0 Å². The largest absolute Gasteiger partial charge is 0.465 e. The molecule has 1 N–H and O–H groups in total. The Bertz CT molecular complexity index is 758. The molecule has 0 spiro atoms. The Morgan fingerprint density at radius 3 is 2.46 bits per heavy atom. The first kappa shape index (κ1) is 17.7. The monoisotopic (exact) mass is 354 g/mol. The van der Waals surface area contributed by atoms with E-state index in [1.807, 2.05) is 30.3 Å². The highest BCUT2D eigenvalue weighted by Gasteiger charge is 2.24. The number of hydrogen-bond donors (Lipinski definition) is 1. The summed E-state index contributed by atoms with van der Waals surface area (Å²) in [5.74, 6) is -0.349. The fraction of sp³-hybridized carbons (Fsp3) is 0.316. The molecule has 0 radical (unpaired) electrons. The van der Waals surface area contributed by atoms with Crippen LogP contribution in [0.2, 0.25) is 0 Å². The van der Waals surface area contributed by atoms with Gasteiger partial charge in [-0.25, -0.2) is 9.59 Å². The first-order chi connectivity index (χ1) is 12.7. The Balaban J connectivity index is 1.56. The number of amides is 2. The molecule has 0 saturated carbocycles. The average molecular weight is 354 g/mol. The molecule has 0 bridgehead atoms. The van der Waals surface area contributed by atoms with Crippen LogP contribution in [0.4, 0.5) is 10.5 Å². The van der Waals surface area contributed by atoms with Crippen LogP contribution in [0.5, 0.6) is 0 Å². The Hall–Kier alpha value is -3.09. The zero-order chi connectivity index (χ0) is 18.4. The van der Waals surface area contributed by atoms with Crippen LogP contribution in [0, 0.1) is 0 Å². The van der Waals surface area contributed by atoms with E-state index in [4.69, 9.17) is 4.74 Å². The number of rotatable bonds is 4. The molecule has 2 heterocycles. The lowest BCUT2D eigenvalue weighted by Crippen LogP contribution is -2.52. The highest BCUT2D eigenvalue weighted by atomic mass is 16.5. The molecule has 3 rings (SSSR count). The third-order valence-electron chi connectivity index (χ3n) is 4.41. The number of benzene rings is 1. The van der Waals surface area contributed by atoms with E-state index in [1.165, 1.54) is 7.11 Å². The Morgan fingerprint density at radius 2 is 1.77 bits per heavy atom. The lowest BCUT2D eigenvalue weighted by molar-refractivity contribution is 0.0601. The SMILES string of the molecule is COC(=O)c1ccccc1N1CCN(C(=O)NCc2ccncc2)CC1. The molecule has 0 unspecified atom stereocenters. The second-order valence-corrected chi connectivity index (χ2v) is 6.00. The third-order valence-corrected chi connectivity index (χ3v) is 4.41. The number of carbonyl (C=O) groups excluding carboxylic acids is 2. The molecule has 26 heavy (non-hydrogen) atoms. The minimum Gasteiger partial charge on any atom is -0.465 e. The number of aromatic nitrogens is 1. The summed E-state index contributed by atoms with van der Waals surface area (Å²) in [5.41, 5.74) is 2.40. The van der Waals surface area contributed by atoms with Crippen molar-refractivity contribution in [2.45, 2.75) is 6.54 Å². The number of anilines is 1. The number of hydrogen-bond acceptors (Lipinski definition) is 5. The summed E-state index contributed by atoms with van der Waals surface area (Å²) in [6.45, 7) is 3.00. The lowest BCUT2D eigenvalue weighted by atomic mass is 10.1. The fourth-order valence-electron chi connectivity index (χ4n) is 2.97. The molecule has 1 aliphatic rings. The van der Waals surface area contributed by atoms with Crippen molar-refractivity contribution in [3.05, 3.63) is 59.9 Å². The number of ether oxygens (including phenoxy) is 1. The lowest BCUT2D eigenvalue weighted by Gasteiger charge is -2.36. The summed E-state index contributed by atoms with van der Waals surface area (Å²) < 4.78 is 4.86. The van der Waals surface area contributed by atoms with Crippen molar-refractivity contribution in [2.75, 3.05) is 38.2 Å². The number of nitrogens with one attached hydrogen (secondary N) is 1. The van der Waals surface area contributed by atoms with Crippen LogP contribution in [0.25, 0.3) is 0 Å². The van der Waals surface area contributed by atoms with E-state index in [1.54, 1.807) is 23.4 Å². The second kappa shape index (κ2) is 8.33. The minimum atomic E-state index is -0.349. The Kier molecular flexibility index (Phi) is 5.68. The Morgan fingerprint density at radius 1 is 1.08 bits per heavy atom. The smallest absolute Gasteiger partial charge is 0.339 e. The molecule has 1 fully saturated rings. The first-order valence-corrected chi connectivity index (χ1v) is 8.53. The van der Waals surface area contributed by atoms with Crippen LogP contribution in [-0.2, 0) is 11.3 Å². The van der Waals surface area contributed by atoms with Crippen molar-refractivity contribution >= 4 is 17.7 Å². The molecule has 2 amide bonds. The number of urea groups is 1. The van der Waals surface area contributed by atoms with Gasteiger partial charge in [0.05, 0.1) is 18.4 Å². The molecule has 1 aromatic carbocycles. The molecule has 0 atom stereocenters. The van der Waals surface area contributed by atoms with Crippen LogP contribution in [0.3, 0.4) is 0 Å². The normalized spacial score (nSPS) is 14.0. The highest BCUT2D eigenvalue weighted by Crippen LogP contribution is 2.22. The van der Waals surface area contributed by atoms with E-state index in [-0.39, 0.29) is 12.0 Å². The molecule has 7 nitrogen and oxygen atoms in total. The van der Waals surface area contributed by atoms with Gasteiger partial charge in [-0.3, -0.25) is 4.98 Å². The zero-order valence-electron chi connectivity index (χ0n) is 14.7. The predicted molar refractivity (Wildman–Crippen MR) is 98.0 cm³/mol. The summed E-state index contributed by atoms with van der Waals surface area (Å²) in [5, 5.41) is 2.93. The molecule has 1 aliphatic heterocycles. The first-order valence-electron chi connectivity index (χ1n) is 8.53. The summed E-state index contributed by atoms with van der Waals surface area (Å²) in [7, 11) is 1.38. The molecular weight excluding hydrogens is 332 g/mol. The fourth-order valence-corrected chi connectivity index (χ4v) is 2.97. The van der Waals surface area contributed by atoms with E-state index in [2.05, 4.69) is 15.2 Å². The predicted octanol–water partition coefficient (Wildman–Crippen LogP) is 1.90. The van der Waals surface area contributed by atoms with Crippen molar-refractivity contribution in [1.82, 2.24) is 15.2 Å². The third kappa shape index (κ3) is 4.11. The molecular formula is C19H22N4O3. The number of methoxy groups -OCH3 is 1. The molecule has 1 saturated heterocycles. The van der Waals surface area contributed by atoms with E-state index in [9.17, 15) is 9.59 Å². The van der Waals surface area contributed by atoms with Crippen molar-refractivity contribution in [1.29, 1.82) is 0 Å². The van der Waals surface area contributed by atoms with Crippen molar-refractivity contribution in [2.24, 2.45) is 0 Å². The molecule has 7 heteroatoms. The quantitative estimate of drug-likeness (QED) is 0.849. The van der Waals surface area contributed by atoms with Gasteiger partial charge < -0.3 is 19.9 Å². The molecule has 0 aliphatic carbocycles. The van der Waals surface area contributed by atoms with Gasteiger partial charge in [0.15, 0.2) is 0 Å². The van der Waals surface area contributed by atoms with Gasteiger partial charge in [0, 0.05) is 45.1 Å². The highest BCUT2D eigenvalue weighted by molar-refractivity contribution is 5.95. The summed E-state index contributed by atoms with van der Waals surface area (Å²) in [4.78, 5) is 32.1. The maximum absolute atomic E-state index is 12.3. The molecule has 2 aromatic rings. The van der Waals surface area contributed by atoms with Crippen molar-refractivity contribution < 1.29 is 14.3 Å². The Labute approximate surface area is 152 Å². The van der Waals surface area contributed by atoms with Crippen LogP contribution in [0.15, 0.2) is 48.8 Å². The van der Waals surface area contributed by atoms with Crippen molar-refractivity contribution in [3.8, 4) is 0 Å². The maximum Gasteiger partial charge on any atom is 0.339 e.